The molecule has 0 unspecified atom stereocenters. The number of amides is 1. The van der Waals surface area contributed by atoms with Gasteiger partial charge >= 0.3 is 5.97 Å². The molecule has 0 bridgehead atoms. The van der Waals surface area contributed by atoms with E-state index in [-0.39, 0.29) is 18.7 Å². The molecular weight excluding hydrogens is 322 g/mol. The quantitative estimate of drug-likeness (QED) is 0.822. The Labute approximate surface area is 138 Å². The number of ether oxygens (including phenoxy) is 1. The summed E-state index contributed by atoms with van der Waals surface area (Å²) in [6.45, 7) is 0. The fraction of sp³-hybridized carbons (Fsp3) is 0.250. The van der Waals surface area contributed by atoms with Gasteiger partial charge in [-0.05, 0) is 34.0 Å². The molecule has 22 heavy (non-hydrogen) atoms. The van der Waals surface area contributed by atoms with E-state index in [9.17, 15) is 9.59 Å². The molecule has 4 nitrogen and oxygen atoms in total. The van der Waals surface area contributed by atoms with Gasteiger partial charge < -0.3 is 10.1 Å². The molecule has 0 fully saturated rings. The maximum Gasteiger partial charge on any atom is 0.307 e. The van der Waals surface area contributed by atoms with Crippen molar-refractivity contribution in [2.75, 3.05) is 7.11 Å². The van der Waals surface area contributed by atoms with Crippen molar-refractivity contribution >= 4 is 34.8 Å². The summed E-state index contributed by atoms with van der Waals surface area (Å²) in [6, 6.07) is 8.53. The third-order valence-corrected chi connectivity index (χ3v) is 4.24. The molecule has 2 aromatic rings. The molecule has 1 atom stereocenters. The van der Waals surface area contributed by atoms with Crippen LogP contribution in [0.1, 0.15) is 23.6 Å². The number of esters is 1. The van der Waals surface area contributed by atoms with E-state index in [0.717, 1.165) is 5.56 Å². The fourth-order valence-corrected chi connectivity index (χ4v) is 3.01. The van der Waals surface area contributed by atoms with Crippen LogP contribution in [0.15, 0.2) is 41.1 Å². The fourth-order valence-electron chi connectivity index (χ4n) is 2.07. The van der Waals surface area contributed by atoms with Crippen LogP contribution in [-0.4, -0.2) is 19.0 Å². The van der Waals surface area contributed by atoms with E-state index in [4.69, 9.17) is 16.3 Å². The minimum atomic E-state index is -0.507. The van der Waals surface area contributed by atoms with Gasteiger partial charge in [-0.2, -0.15) is 11.3 Å². The van der Waals surface area contributed by atoms with E-state index in [1.165, 1.54) is 18.4 Å². The highest BCUT2D eigenvalue weighted by atomic mass is 35.5. The van der Waals surface area contributed by atoms with Crippen LogP contribution in [-0.2, 0) is 20.7 Å². The predicted molar refractivity (Wildman–Crippen MR) is 87.0 cm³/mol. The second kappa shape index (κ2) is 7.96. The topological polar surface area (TPSA) is 55.4 Å². The lowest BCUT2D eigenvalue weighted by Gasteiger charge is -2.19. The van der Waals surface area contributed by atoms with Gasteiger partial charge in [-0.1, -0.05) is 29.8 Å². The first kappa shape index (κ1) is 16.5. The van der Waals surface area contributed by atoms with Crippen LogP contribution in [0.3, 0.4) is 0 Å². The first-order valence-corrected chi connectivity index (χ1v) is 8.04. The number of hydrogen-bond acceptors (Lipinski definition) is 4. The number of benzene rings is 1. The molecule has 1 heterocycles. The molecule has 1 aromatic heterocycles. The Balaban J connectivity index is 2.12. The van der Waals surface area contributed by atoms with Gasteiger partial charge in [0.05, 0.1) is 26.0 Å². The number of carbonyl (C=O) groups is 2. The first-order chi connectivity index (χ1) is 10.6. The zero-order valence-electron chi connectivity index (χ0n) is 12.0. The van der Waals surface area contributed by atoms with Gasteiger partial charge in [-0.3, -0.25) is 9.59 Å². The van der Waals surface area contributed by atoms with E-state index in [2.05, 4.69) is 5.32 Å². The Hall–Kier alpha value is -1.85. The summed E-state index contributed by atoms with van der Waals surface area (Å²) in [5, 5.41) is 7.21. The summed E-state index contributed by atoms with van der Waals surface area (Å²) in [7, 11) is 1.32. The standard InChI is InChI=1S/C16H16ClNO3S/c1-21-16(20)9-14(12-4-2-3-5-13(12)17)18-15(19)8-11-6-7-22-10-11/h2-7,10,14H,8-9H2,1H3,(H,18,19)/t14-/m1/s1. The van der Waals surface area contributed by atoms with Crippen LogP contribution in [0.4, 0.5) is 0 Å². The van der Waals surface area contributed by atoms with E-state index in [0.29, 0.717) is 10.6 Å². The lowest BCUT2D eigenvalue weighted by Crippen LogP contribution is -2.31. The number of methoxy groups -OCH3 is 1. The summed E-state index contributed by atoms with van der Waals surface area (Å²) in [5.41, 5.74) is 1.65. The molecule has 0 saturated carbocycles. The van der Waals surface area contributed by atoms with Gasteiger partial charge in [0, 0.05) is 5.02 Å². The summed E-state index contributed by atoms with van der Waals surface area (Å²) < 4.78 is 4.70. The van der Waals surface area contributed by atoms with Crippen molar-refractivity contribution in [2.45, 2.75) is 18.9 Å². The highest BCUT2D eigenvalue weighted by Gasteiger charge is 2.21. The molecule has 116 valence electrons. The Kier molecular flexibility index (Phi) is 5.98. The Morgan fingerprint density at radius 2 is 2.09 bits per heavy atom. The molecule has 1 N–H and O–H groups in total. The molecule has 0 spiro atoms. The normalized spacial score (nSPS) is 11.7. The number of nitrogens with one attached hydrogen (secondary N) is 1. The number of hydrogen-bond donors (Lipinski definition) is 1. The van der Waals surface area contributed by atoms with Crippen LogP contribution in [0.5, 0.6) is 0 Å². The molecular formula is C16H16ClNO3S. The van der Waals surface area contributed by atoms with Crippen molar-refractivity contribution in [3.63, 3.8) is 0 Å². The van der Waals surface area contributed by atoms with Crippen LogP contribution >= 0.6 is 22.9 Å². The summed E-state index contributed by atoms with van der Waals surface area (Å²) in [5.74, 6) is -0.562. The minimum Gasteiger partial charge on any atom is -0.469 e. The largest absolute Gasteiger partial charge is 0.469 e. The van der Waals surface area contributed by atoms with Gasteiger partial charge in [-0.15, -0.1) is 0 Å². The third kappa shape index (κ3) is 4.58. The lowest BCUT2D eigenvalue weighted by molar-refractivity contribution is -0.141. The van der Waals surface area contributed by atoms with Gasteiger partial charge in [0.15, 0.2) is 0 Å². The van der Waals surface area contributed by atoms with E-state index < -0.39 is 12.0 Å². The average Bonchev–Trinajstić information content (AvgIpc) is 2.99. The predicted octanol–water partition coefficient (Wildman–Crippen LogP) is 3.36. The van der Waals surface area contributed by atoms with Crippen molar-refractivity contribution in [3.05, 3.63) is 57.2 Å². The highest BCUT2D eigenvalue weighted by molar-refractivity contribution is 7.08. The molecule has 0 aliphatic heterocycles. The first-order valence-electron chi connectivity index (χ1n) is 6.72. The molecule has 0 saturated heterocycles. The highest BCUT2D eigenvalue weighted by Crippen LogP contribution is 2.25. The van der Waals surface area contributed by atoms with E-state index in [1.807, 2.05) is 22.9 Å². The van der Waals surface area contributed by atoms with Crippen molar-refractivity contribution < 1.29 is 14.3 Å². The SMILES string of the molecule is COC(=O)C[C@@H](NC(=O)Cc1ccsc1)c1ccccc1Cl. The third-order valence-electron chi connectivity index (χ3n) is 3.16. The summed E-state index contributed by atoms with van der Waals surface area (Å²) in [4.78, 5) is 23.8. The van der Waals surface area contributed by atoms with Crippen molar-refractivity contribution in [2.24, 2.45) is 0 Å². The number of carbonyl (C=O) groups excluding carboxylic acids is 2. The molecule has 1 aromatic carbocycles. The lowest BCUT2D eigenvalue weighted by atomic mass is 10.0. The number of halogens is 1. The summed E-state index contributed by atoms with van der Waals surface area (Å²) >= 11 is 7.71. The maximum atomic E-state index is 12.2. The monoisotopic (exact) mass is 337 g/mol. The number of thiophene rings is 1. The maximum absolute atomic E-state index is 12.2. The second-order valence-corrected chi connectivity index (χ2v) is 5.92. The zero-order valence-corrected chi connectivity index (χ0v) is 13.6. The van der Waals surface area contributed by atoms with Gasteiger partial charge in [0.2, 0.25) is 5.91 Å². The van der Waals surface area contributed by atoms with Gasteiger partial charge in [0.1, 0.15) is 0 Å². The van der Waals surface area contributed by atoms with Gasteiger partial charge in [0.25, 0.3) is 0 Å². The Morgan fingerprint density at radius 1 is 1.32 bits per heavy atom. The molecule has 2 rings (SSSR count). The smallest absolute Gasteiger partial charge is 0.307 e. The van der Waals surface area contributed by atoms with Crippen molar-refractivity contribution in [1.82, 2.24) is 5.32 Å². The minimum absolute atomic E-state index is 0.0373. The molecule has 1 amide bonds. The zero-order chi connectivity index (χ0) is 15.9. The summed E-state index contributed by atoms with van der Waals surface area (Å²) in [6.07, 6.45) is 0.307. The van der Waals surface area contributed by atoms with E-state index in [1.54, 1.807) is 18.2 Å². The molecule has 0 aliphatic carbocycles. The second-order valence-electron chi connectivity index (χ2n) is 4.73. The van der Waals surface area contributed by atoms with Crippen LogP contribution in [0.2, 0.25) is 5.02 Å². The molecule has 0 radical (unpaired) electrons. The average molecular weight is 338 g/mol. The van der Waals surface area contributed by atoms with Crippen LogP contribution < -0.4 is 5.32 Å². The molecule has 6 heteroatoms. The Morgan fingerprint density at radius 3 is 2.73 bits per heavy atom. The van der Waals surface area contributed by atoms with Crippen molar-refractivity contribution in [1.29, 1.82) is 0 Å². The van der Waals surface area contributed by atoms with Crippen LogP contribution in [0, 0.1) is 0 Å². The van der Waals surface area contributed by atoms with Gasteiger partial charge in [-0.25, -0.2) is 0 Å². The van der Waals surface area contributed by atoms with Crippen molar-refractivity contribution in [3.8, 4) is 0 Å². The number of rotatable bonds is 6. The molecule has 0 aliphatic rings. The van der Waals surface area contributed by atoms with E-state index >= 15 is 0 Å². The Bertz CT molecular complexity index is 643. The van der Waals surface area contributed by atoms with Crippen LogP contribution in [0.25, 0.3) is 0 Å².